The second-order valence-corrected chi connectivity index (χ2v) is 4.47. The number of carbonyl (C=O) groups is 1. The minimum Gasteiger partial charge on any atom is -0.449 e. The zero-order valence-electron chi connectivity index (χ0n) is 10.6. The molecule has 0 aromatic rings. The Morgan fingerprint density at radius 1 is 1.12 bits per heavy atom. The van der Waals surface area contributed by atoms with Gasteiger partial charge in [-0.3, -0.25) is 0 Å². The molecule has 0 atom stereocenters. The summed E-state index contributed by atoms with van der Waals surface area (Å²) in [6.45, 7) is 6.24. The highest BCUT2D eigenvalue weighted by Gasteiger charge is 2.19. The van der Waals surface area contributed by atoms with E-state index in [1.54, 1.807) is 4.90 Å². The molecule has 4 nitrogen and oxygen atoms in total. The molecule has 1 fully saturated rings. The van der Waals surface area contributed by atoms with Crippen molar-refractivity contribution in [1.82, 2.24) is 9.80 Å². The molecule has 0 radical (unpaired) electrons. The first-order valence-corrected chi connectivity index (χ1v) is 6.34. The molecule has 4 heteroatoms. The van der Waals surface area contributed by atoms with Crippen LogP contribution < -0.4 is 0 Å². The van der Waals surface area contributed by atoms with Crippen LogP contribution in [-0.2, 0) is 4.74 Å². The lowest BCUT2D eigenvalue weighted by Gasteiger charge is -2.31. The number of likely N-dealkylation sites (N-methyl/N-ethyl adjacent to an activating group) is 1. The molecule has 1 rings (SSSR count). The van der Waals surface area contributed by atoms with E-state index >= 15 is 0 Å². The molecule has 0 aromatic heterocycles. The SMILES string of the molecule is CCCCCCOC(=O)N1CCN(C)CC1. The average Bonchev–Trinajstić information content (AvgIpc) is 2.29. The van der Waals surface area contributed by atoms with Gasteiger partial charge in [-0.15, -0.1) is 0 Å². The molecular formula is C12H24N2O2. The molecule has 0 spiro atoms. The molecule has 16 heavy (non-hydrogen) atoms. The van der Waals surface area contributed by atoms with Gasteiger partial charge in [-0.1, -0.05) is 26.2 Å². The number of hydrogen-bond donors (Lipinski definition) is 0. The molecule has 1 aliphatic rings. The smallest absolute Gasteiger partial charge is 0.409 e. The van der Waals surface area contributed by atoms with Gasteiger partial charge in [0, 0.05) is 26.2 Å². The van der Waals surface area contributed by atoms with Gasteiger partial charge >= 0.3 is 6.09 Å². The van der Waals surface area contributed by atoms with Crippen molar-refractivity contribution in [1.29, 1.82) is 0 Å². The summed E-state index contributed by atoms with van der Waals surface area (Å²) in [5, 5.41) is 0. The lowest BCUT2D eigenvalue weighted by atomic mass is 10.2. The van der Waals surface area contributed by atoms with E-state index in [0.717, 1.165) is 39.0 Å². The number of amides is 1. The fraction of sp³-hybridized carbons (Fsp3) is 0.917. The first kappa shape index (κ1) is 13.3. The number of piperazine rings is 1. The van der Waals surface area contributed by atoms with Crippen molar-refractivity contribution in [3.05, 3.63) is 0 Å². The summed E-state index contributed by atoms with van der Waals surface area (Å²) in [5.74, 6) is 0. The van der Waals surface area contributed by atoms with Crippen LogP contribution in [0.25, 0.3) is 0 Å². The third kappa shape index (κ3) is 4.84. The third-order valence-corrected chi connectivity index (χ3v) is 2.98. The Kier molecular flexibility index (Phi) is 6.23. The number of rotatable bonds is 5. The van der Waals surface area contributed by atoms with E-state index in [4.69, 9.17) is 4.74 Å². The molecule has 0 saturated carbocycles. The first-order valence-electron chi connectivity index (χ1n) is 6.34. The monoisotopic (exact) mass is 228 g/mol. The highest BCUT2D eigenvalue weighted by Crippen LogP contribution is 2.04. The van der Waals surface area contributed by atoms with Crippen LogP contribution >= 0.6 is 0 Å². The standard InChI is InChI=1S/C12H24N2O2/c1-3-4-5-6-11-16-12(15)14-9-7-13(2)8-10-14/h3-11H2,1-2H3. The van der Waals surface area contributed by atoms with Crippen LogP contribution in [-0.4, -0.2) is 55.7 Å². The summed E-state index contributed by atoms with van der Waals surface area (Å²) in [7, 11) is 2.08. The van der Waals surface area contributed by atoms with E-state index in [1.807, 2.05) is 0 Å². The molecule has 0 bridgehead atoms. The lowest BCUT2D eigenvalue weighted by molar-refractivity contribution is 0.0806. The van der Waals surface area contributed by atoms with Crippen molar-refractivity contribution >= 4 is 6.09 Å². The molecule has 1 saturated heterocycles. The van der Waals surface area contributed by atoms with Crippen LogP contribution in [0.3, 0.4) is 0 Å². The van der Waals surface area contributed by atoms with Crippen LogP contribution in [0.15, 0.2) is 0 Å². The minimum absolute atomic E-state index is 0.135. The van der Waals surface area contributed by atoms with Gasteiger partial charge in [0.1, 0.15) is 0 Å². The van der Waals surface area contributed by atoms with E-state index in [0.29, 0.717) is 6.61 Å². The summed E-state index contributed by atoms with van der Waals surface area (Å²) >= 11 is 0. The van der Waals surface area contributed by atoms with Gasteiger partial charge in [-0.05, 0) is 13.5 Å². The zero-order valence-corrected chi connectivity index (χ0v) is 10.6. The Hall–Kier alpha value is -0.770. The molecule has 1 aliphatic heterocycles. The van der Waals surface area contributed by atoms with Gasteiger partial charge in [-0.25, -0.2) is 4.79 Å². The average molecular weight is 228 g/mol. The number of nitrogens with zero attached hydrogens (tertiary/aromatic N) is 2. The second kappa shape index (κ2) is 7.49. The van der Waals surface area contributed by atoms with Crippen molar-refractivity contribution in [2.45, 2.75) is 32.6 Å². The molecule has 1 heterocycles. The van der Waals surface area contributed by atoms with E-state index in [1.165, 1.54) is 12.8 Å². The van der Waals surface area contributed by atoms with Crippen molar-refractivity contribution in [3.63, 3.8) is 0 Å². The Morgan fingerprint density at radius 2 is 1.81 bits per heavy atom. The molecule has 0 aromatic carbocycles. The highest BCUT2D eigenvalue weighted by molar-refractivity contribution is 5.67. The fourth-order valence-electron chi connectivity index (χ4n) is 1.77. The van der Waals surface area contributed by atoms with Crippen molar-refractivity contribution in [2.24, 2.45) is 0 Å². The van der Waals surface area contributed by atoms with Gasteiger partial charge in [0.2, 0.25) is 0 Å². The Morgan fingerprint density at radius 3 is 2.44 bits per heavy atom. The van der Waals surface area contributed by atoms with Gasteiger partial charge in [0.15, 0.2) is 0 Å². The van der Waals surface area contributed by atoms with Gasteiger partial charge in [-0.2, -0.15) is 0 Å². The summed E-state index contributed by atoms with van der Waals surface area (Å²) in [4.78, 5) is 15.7. The molecule has 1 amide bonds. The Labute approximate surface area is 98.5 Å². The maximum absolute atomic E-state index is 11.6. The van der Waals surface area contributed by atoms with Crippen LogP contribution in [0.1, 0.15) is 32.6 Å². The van der Waals surface area contributed by atoms with Crippen LogP contribution in [0.4, 0.5) is 4.79 Å². The van der Waals surface area contributed by atoms with E-state index < -0.39 is 0 Å². The van der Waals surface area contributed by atoms with Crippen LogP contribution in [0.5, 0.6) is 0 Å². The summed E-state index contributed by atoms with van der Waals surface area (Å²) < 4.78 is 5.23. The van der Waals surface area contributed by atoms with Crippen molar-refractivity contribution in [2.75, 3.05) is 39.8 Å². The largest absolute Gasteiger partial charge is 0.449 e. The van der Waals surface area contributed by atoms with Gasteiger partial charge in [0.25, 0.3) is 0 Å². The summed E-state index contributed by atoms with van der Waals surface area (Å²) in [6, 6.07) is 0. The van der Waals surface area contributed by atoms with Crippen molar-refractivity contribution in [3.8, 4) is 0 Å². The predicted octanol–water partition coefficient (Wildman–Crippen LogP) is 1.95. The topological polar surface area (TPSA) is 32.8 Å². The van der Waals surface area contributed by atoms with Crippen LogP contribution in [0.2, 0.25) is 0 Å². The van der Waals surface area contributed by atoms with Gasteiger partial charge in [0.05, 0.1) is 6.61 Å². The second-order valence-electron chi connectivity index (χ2n) is 4.47. The molecule has 0 aliphatic carbocycles. The van der Waals surface area contributed by atoms with E-state index in [2.05, 4.69) is 18.9 Å². The summed E-state index contributed by atoms with van der Waals surface area (Å²) in [6.07, 6.45) is 4.46. The maximum Gasteiger partial charge on any atom is 0.409 e. The Balaban J connectivity index is 2.06. The predicted molar refractivity (Wildman–Crippen MR) is 64.6 cm³/mol. The van der Waals surface area contributed by atoms with E-state index in [9.17, 15) is 4.79 Å². The van der Waals surface area contributed by atoms with Gasteiger partial charge < -0.3 is 14.5 Å². The normalized spacial score (nSPS) is 17.5. The maximum atomic E-state index is 11.6. The van der Waals surface area contributed by atoms with Crippen LogP contribution in [0, 0.1) is 0 Å². The lowest BCUT2D eigenvalue weighted by Crippen LogP contribution is -2.47. The number of unbranched alkanes of at least 4 members (excludes halogenated alkanes) is 3. The highest BCUT2D eigenvalue weighted by atomic mass is 16.6. The number of carbonyl (C=O) groups excluding carboxylic acids is 1. The third-order valence-electron chi connectivity index (χ3n) is 2.98. The fourth-order valence-corrected chi connectivity index (χ4v) is 1.77. The molecule has 0 N–H and O–H groups in total. The first-order chi connectivity index (χ1) is 7.74. The van der Waals surface area contributed by atoms with E-state index in [-0.39, 0.29) is 6.09 Å². The Bertz CT molecular complexity index is 201. The molecule has 94 valence electrons. The summed E-state index contributed by atoms with van der Waals surface area (Å²) in [5.41, 5.74) is 0. The number of hydrogen-bond acceptors (Lipinski definition) is 3. The quantitative estimate of drug-likeness (QED) is 0.674. The molecular weight excluding hydrogens is 204 g/mol. The van der Waals surface area contributed by atoms with Crippen molar-refractivity contribution < 1.29 is 9.53 Å². The molecule has 0 unspecified atom stereocenters. The number of ether oxygens (including phenoxy) is 1. The minimum atomic E-state index is -0.135. The zero-order chi connectivity index (χ0) is 11.8.